The second kappa shape index (κ2) is 10.6. The van der Waals surface area contributed by atoms with Crippen molar-refractivity contribution in [1.29, 1.82) is 0 Å². The van der Waals surface area contributed by atoms with Crippen molar-refractivity contribution in [1.82, 2.24) is 10.3 Å². The Kier molecular flexibility index (Phi) is 7.94. The third-order valence-electron chi connectivity index (χ3n) is 4.75. The van der Waals surface area contributed by atoms with Crippen molar-refractivity contribution < 1.29 is 4.74 Å². The van der Waals surface area contributed by atoms with Crippen LogP contribution in [0.5, 0.6) is 5.75 Å². The summed E-state index contributed by atoms with van der Waals surface area (Å²) in [6.45, 7) is 1.80. The van der Waals surface area contributed by atoms with Crippen LogP contribution in [0, 0.1) is 0 Å². The van der Waals surface area contributed by atoms with Crippen LogP contribution in [0.15, 0.2) is 79.1 Å². The molecule has 0 aliphatic carbocycles. The van der Waals surface area contributed by atoms with Crippen LogP contribution in [0.3, 0.4) is 0 Å². The Labute approximate surface area is 192 Å². The summed E-state index contributed by atoms with van der Waals surface area (Å²) in [6.07, 6.45) is 3.65. The number of hydrogen-bond donors (Lipinski definition) is 1. The predicted molar refractivity (Wildman–Crippen MR) is 127 cm³/mol. The van der Waals surface area contributed by atoms with Gasteiger partial charge in [-0.2, -0.15) is 0 Å². The molecule has 30 heavy (non-hydrogen) atoms. The maximum absolute atomic E-state index is 6.30. The topological polar surface area (TPSA) is 34.1 Å². The largest absolute Gasteiger partial charge is 0.488 e. The third-order valence-corrected chi connectivity index (χ3v) is 5.34. The van der Waals surface area contributed by atoms with Crippen LogP contribution in [0.1, 0.15) is 16.7 Å². The SMILES string of the molecule is Cl.Clc1ccc(COc2ccc3ccccc3c2CNCc2cccnc2)c(Cl)c1. The Bertz CT molecular complexity index is 1120. The van der Waals surface area contributed by atoms with Crippen molar-refractivity contribution in [3.05, 3.63) is 106 Å². The molecule has 0 saturated carbocycles. The van der Waals surface area contributed by atoms with E-state index in [1.165, 1.54) is 10.8 Å². The zero-order valence-electron chi connectivity index (χ0n) is 16.1. The summed E-state index contributed by atoms with van der Waals surface area (Å²) in [5.74, 6) is 0.841. The fraction of sp³-hybridized carbons (Fsp3) is 0.125. The summed E-state index contributed by atoms with van der Waals surface area (Å²) >= 11 is 12.3. The second-order valence-corrected chi connectivity index (χ2v) is 7.60. The second-order valence-electron chi connectivity index (χ2n) is 6.75. The summed E-state index contributed by atoms with van der Waals surface area (Å²) in [7, 11) is 0. The molecule has 3 nitrogen and oxygen atoms in total. The number of hydrogen-bond acceptors (Lipinski definition) is 3. The van der Waals surface area contributed by atoms with Crippen LogP contribution in [0.25, 0.3) is 10.8 Å². The first-order valence-electron chi connectivity index (χ1n) is 9.38. The smallest absolute Gasteiger partial charge is 0.124 e. The average molecular weight is 460 g/mol. The summed E-state index contributed by atoms with van der Waals surface area (Å²) in [5, 5.41) is 7.08. The van der Waals surface area contributed by atoms with Crippen molar-refractivity contribution in [2.24, 2.45) is 0 Å². The van der Waals surface area contributed by atoms with E-state index in [1.54, 1.807) is 12.3 Å². The molecule has 0 aliphatic rings. The van der Waals surface area contributed by atoms with Gasteiger partial charge in [-0.1, -0.05) is 65.7 Å². The van der Waals surface area contributed by atoms with Crippen LogP contribution in [0.2, 0.25) is 10.0 Å². The van der Waals surface area contributed by atoms with E-state index < -0.39 is 0 Å². The van der Waals surface area contributed by atoms with Gasteiger partial charge in [0.1, 0.15) is 12.4 Å². The molecule has 0 radical (unpaired) electrons. The average Bonchev–Trinajstić information content (AvgIpc) is 2.74. The minimum absolute atomic E-state index is 0. The van der Waals surface area contributed by atoms with Gasteiger partial charge in [0.2, 0.25) is 0 Å². The van der Waals surface area contributed by atoms with Crippen LogP contribution in [-0.2, 0) is 19.7 Å². The van der Waals surface area contributed by atoms with Crippen LogP contribution >= 0.6 is 35.6 Å². The van der Waals surface area contributed by atoms with Crippen LogP contribution < -0.4 is 10.1 Å². The first-order chi connectivity index (χ1) is 14.2. The molecule has 3 aromatic carbocycles. The molecule has 0 bridgehead atoms. The molecule has 4 aromatic rings. The number of nitrogens with zero attached hydrogens (tertiary/aromatic N) is 1. The van der Waals surface area contributed by atoms with Gasteiger partial charge in [-0.25, -0.2) is 0 Å². The Balaban J connectivity index is 0.00000256. The number of rotatable bonds is 7. The minimum Gasteiger partial charge on any atom is -0.488 e. The fourth-order valence-corrected chi connectivity index (χ4v) is 3.73. The molecule has 0 spiro atoms. The van der Waals surface area contributed by atoms with Gasteiger partial charge in [0.15, 0.2) is 0 Å². The van der Waals surface area contributed by atoms with E-state index in [0.29, 0.717) is 23.2 Å². The number of halogens is 3. The molecule has 0 amide bonds. The summed E-state index contributed by atoms with van der Waals surface area (Å²) < 4.78 is 6.17. The van der Waals surface area contributed by atoms with Crippen molar-refractivity contribution in [3.63, 3.8) is 0 Å². The van der Waals surface area contributed by atoms with E-state index in [4.69, 9.17) is 27.9 Å². The van der Waals surface area contributed by atoms with E-state index in [-0.39, 0.29) is 12.4 Å². The molecular formula is C24H21Cl3N2O. The van der Waals surface area contributed by atoms with Crippen molar-refractivity contribution in [3.8, 4) is 5.75 Å². The highest BCUT2D eigenvalue weighted by molar-refractivity contribution is 6.35. The number of benzene rings is 3. The molecule has 1 heterocycles. The molecule has 0 fully saturated rings. The molecule has 0 saturated heterocycles. The molecule has 0 aliphatic heterocycles. The van der Waals surface area contributed by atoms with Crippen LogP contribution in [0.4, 0.5) is 0 Å². The Morgan fingerprint density at radius 2 is 1.77 bits per heavy atom. The first kappa shape index (κ1) is 22.4. The van der Waals surface area contributed by atoms with Gasteiger partial charge in [-0.05, 0) is 40.6 Å². The van der Waals surface area contributed by atoms with Gasteiger partial charge in [0.25, 0.3) is 0 Å². The van der Waals surface area contributed by atoms with Gasteiger partial charge < -0.3 is 10.1 Å². The summed E-state index contributed by atoms with van der Waals surface area (Å²) in [5.41, 5.74) is 3.17. The Morgan fingerprint density at radius 1 is 0.900 bits per heavy atom. The number of aromatic nitrogens is 1. The Hall–Kier alpha value is -2.30. The Morgan fingerprint density at radius 3 is 2.57 bits per heavy atom. The number of nitrogens with one attached hydrogen (secondary N) is 1. The van der Waals surface area contributed by atoms with E-state index in [1.807, 2.05) is 42.6 Å². The standard InChI is InChI=1S/C24H20Cl2N2O.ClH/c25-20-9-7-19(23(26)12-20)16-29-24-10-8-18-5-1-2-6-21(18)22(24)15-28-14-17-4-3-11-27-13-17;/h1-13,28H,14-16H2;1H. The summed E-state index contributed by atoms with van der Waals surface area (Å²) in [6, 6.07) is 21.9. The number of fused-ring (bicyclic) bond motifs is 1. The zero-order chi connectivity index (χ0) is 20.1. The van der Waals surface area contributed by atoms with Gasteiger partial charge in [0, 0.05) is 46.7 Å². The molecular weight excluding hydrogens is 439 g/mol. The highest BCUT2D eigenvalue weighted by atomic mass is 35.5. The lowest BCUT2D eigenvalue weighted by Crippen LogP contribution is -2.14. The fourth-order valence-electron chi connectivity index (χ4n) is 3.26. The lowest BCUT2D eigenvalue weighted by atomic mass is 10.0. The zero-order valence-corrected chi connectivity index (χ0v) is 18.5. The van der Waals surface area contributed by atoms with Gasteiger partial charge in [0.05, 0.1) is 0 Å². The first-order valence-corrected chi connectivity index (χ1v) is 10.1. The molecule has 1 aromatic heterocycles. The normalized spacial score (nSPS) is 10.6. The van der Waals surface area contributed by atoms with E-state index in [9.17, 15) is 0 Å². The van der Waals surface area contributed by atoms with Crippen LogP contribution in [-0.4, -0.2) is 4.98 Å². The molecule has 6 heteroatoms. The molecule has 1 N–H and O–H groups in total. The monoisotopic (exact) mass is 458 g/mol. The highest BCUT2D eigenvalue weighted by Gasteiger charge is 2.10. The minimum atomic E-state index is 0. The third kappa shape index (κ3) is 5.44. The molecule has 0 unspecified atom stereocenters. The lowest BCUT2D eigenvalue weighted by molar-refractivity contribution is 0.303. The quantitative estimate of drug-likeness (QED) is 0.329. The maximum Gasteiger partial charge on any atom is 0.124 e. The van der Waals surface area contributed by atoms with Gasteiger partial charge in [-0.3, -0.25) is 4.98 Å². The van der Waals surface area contributed by atoms with Gasteiger partial charge >= 0.3 is 0 Å². The highest BCUT2D eigenvalue weighted by Crippen LogP contribution is 2.30. The summed E-state index contributed by atoms with van der Waals surface area (Å²) in [4.78, 5) is 4.17. The molecule has 154 valence electrons. The number of ether oxygens (including phenoxy) is 1. The van der Waals surface area contributed by atoms with Crippen molar-refractivity contribution in [2.45, 2.75) is 19.7 Å². The van der Waals surface area contributed by atoms with E-state index in [0.717, 1.165) is 29.0 Å². The van der Waals surface area contributed by atoms with Crippen molar-refractivity contribution in [2.75, 3.05) is 0 Å². The van der Waals surface area contributed by atoms with Crippen molar-refractivity contribution >= 4 is 46.4 Å². The maximum atomic E-state index is 6.30. The predicted octanol–water partition coefficient (Wildman–Crippen LogP) is 6.83. The van der Waals surface area contributed by atoms with E-state index in [2.05, 4.69) is 34.6 Å². The molecule has 0 atom stereocenters. The van der Waals surface area contributed by atoms with Gasteiger partial charge in [-0.15, -0.1) is 12.4 Å². The lowest BCUT2D eigenvalue weighted by Gasteiger charge is -2.16. The molecule has 4 rings (SSSR count). The van der Waals surface area contributed by atoms with E-state index >= 15 is 0 Å². The number of pyridine rings is 1.